The van der Waals surface area contributed by atoms with E-state index < -0.39 is 0 Å². The molecule has 100 valence electrons. The van der Waals surface area contributed by atoms with Gasteiger partial charge in [0.1, 0.15) is 5.82 Å². The number of aryl methyl sites for hydroxylation is 2. The second-order valence-electron chi connectivity index (χ2n) is 4.52. The highest BCUT2D eigenvalue weighted by molar-refractivity contribution is 7.99. The fraction of sp³-hybridized carbons (Fsp3) is 0.267. The summed E-state index contributed by atoms with van der Waals surface area (Å²) in [5.41, 5.74) is 9.03. The van der Waals surface area contributed by atoms with Crippen LogP contribution in [0.3, 0.4) is 0 Å². The van der Waals surface area contributed by atoms with Crippen LogP contribution in [0.15, 0.2) is 41.4 Å². The zero-order valence-corrected chi connectivity index (χ0v) is 11.9. The number of hydrogen-bond donors (Lipinski definition) is 1. The molecule has 2 nitrogen and oxygen atoms in total. The normalized spacial score (nSPS) is 12.4. The average molecular weight is 276 g/mol. The summed E-state index contributed by atoms with van der Waals surface area (Å²) in [6.45, 7) is 4.52. The standard InChI is InChI=1S/C15H17FN2S/c1-10-7-11(2)18-15(8-10)19-14(9-17)12-3-5-13(16)6-4-12/h3-8,14H,9,17H2,1-2H3. The molecule has 19 heavy (non-hydrogen) atoms. The maximum absolute atomic E-state index is 12.9. The van der Waals surface area contributed by atoms with Crippen LogP contribution >= 0.6 is 11.8 Å². The van der Waals surface area contributed by atoms with Crippen LogP contribution in [0, 0.1) is 19.7 Å². The predicted octanol–water partition coefficient (Wildman–Crippen LogP) is 3.63. The van der Waals surface area contributed by atoms with Crippen LogP contribution in [0.5, 0.6) is 0 Å². The first-order valence-electron chi connectivity index (χ1n) is 6.16. The van der Waals surface area contributed by atoms with E-state index in [-0.39, 0.29) is 11.1 Å². The van der Waals surface area contributed by atoms with E-state index in [0.717, 1.165) is 16.3 Å². The highest BCUT2D eigenvalue weighted by Gasteiger charge is 2.12. The number of hydrogen-bond acceptors (Lipinski definition) is 3. The van der Waals surface area contributed by atoms with Gasteiger partial charge in [0.25, 0.3) is 0 Å². The number of halogens is 1. The second kappa shape index (κ2) is 6.17. The van der Waals surface area contributed by atoms with Crippen LogP contribution in [-0.4, -0.2) is 11.5 Å². The molecule has 0 aliphatic carbocycles. The highest BCUT2D eigenvalue weighted by atomic mass is 32.2. The molecule has 1 aromatic carbocycles. The van der Waals surface area contributed by atoms with E-state index >= 15 is 0 Å². The maximum Gasteiger partial charge on any atom is 0.123 e. The molecule has 0 spiro atoms. The first-order valence-corrected chi connectivity index (χ1v) is 7.04. The number of thioether (sulfide) groups is 1. The van der Waals surface area contributed by atoms with E-state index in [1.165, 1.54) is 17.7 Å². The third-order valence-electron chi connectivity index (χ3n) is 2.79. The van der Waals surface area contributed by atoms with Gasteiger partial charge in [0, 0.05) is 17.5 Å². The topological polar surface area (TPSA) is 38.9 Å². The Morgan fingerprint density at radius 3 is 2.47 bits per heavy atom. The molecule has 1 atom stereocenters. The fourth-order valence-electron chi connectivity index (χ4n) is 1.94. The first kappa shape index (κ1) is 14.0. The lowest BCUT2D eigenvalue weighted by atomic mass is 10.1. The lowest BCUT2D eigenvalue weighted by molar-refractivity contribution is 0.627. The number of nitrogens with two attached hydrogens (primary N) is 1. The van der Waals surface area contributed by atoms with Crippen LogP contribution < -0.4 is 5.73 Å². The van der Waals surface area contributed by atoms with E-state index in [1.807, 2.05) is 26.0 Å². The minimum atomic E-state index is -0.228. The summed E-state index contributed by atoms with van der Waals surface area (Å²) in [6, 6.07) is 10.6. The molecule has 0 bridgehead atoms. The van der Waals surface area contributed by atoms with Crippen molar-refractivity contribution in [1.29, 1.82) is 0 Å². The molecule has 1 unspecified atom stereocenters. The van der Waals surface area contributed by atoms with Gasteiger partial charge in [-0.1, -0.05) is 23.9 Å². The Hall–Kier alpha value is -1.39. The maximum atomic E-state index is 12.9. The van der Waals surface area contributed by atoms with Crippen molar-refractivity contribution in [1.82, 2.24) is 4.98 Å². The largest absolute Gasteiger partial charge is 0.329 e. The van der Waals surface area contributed by atoms with Gasteiger partial charge in [-0.15, -0.1) is 0 Å². The molecular formula is C15H17FN2S. The first-order chi connectivity index (χ1) is 9.08. The van der Waals surface area contributed by atoms with Crippen LogP contribution in [0.2, 0.25) is 0 Å². The summed E-state index contributed by atoms with van der Waals surface area (Å²) in [7, 11) is 0. The van der Waals surface area contributed by atoms with Crippen molar-refractivity contribution < 1.29 is 4.39 Å². The Bertz CT molecular complexity index is 534. The highest BCUT2D eigenvalue weighted by Crippen LogP contribution is 2.33. The summed E-state index contributed by atoms with van der Waals surface area (Å²) in [5, 5.41) is 1.05. The molecule has 0 radical (unpaired) electrons. The quantitative estimate of drug-likeness (QED) is 0.867. The molecule has 1 heterocycles. The van der Waals surface area contributed by atoms with Crippen molar-refractivity contribution in [3.63, 3.8) is 0 Å². The van der Waals surface area contributed by atoms with Gasteiger partial charge in [-0.3, -0.25) is 0 Å². The van der Waals surface area contributed by atoms with Crippen molar-refractivity contribution in [2.45, 2.75) is 24.1 Å². The van der Waals surface area contributed by atoms with E-state index in [1.54, 1.807) is 23.9 Å². The molecule has 0 amide bonds. The Morgan fingerprint density at radius 1 is 1.21 bits per heavy atom. The Morgan fingerprint density at radius 2 is 1.89 bits per heavy atom. The van der Waals surface area contributed by atoms with Gasteiger partial charge >= 0.3 is 0 Å². The second-order valence-corrected chi connectivity index (χ2v) is 5.74. The van der Waals surface area contributed by atoms with Crippen LogP contribution in [-0.2, 0) is 0 Å². The number of rotatable bonds is 4. The van der Waals surface area contributed by atoms with Gasteiger partial charge in [-0.05, 0) is 49.2 Å². The average Bonchev–Trinajstić information content (AvgIpc) is 2.36. The summed E-state index contributed by atoms with van der Waals surface area (Å²) in [6.07, 6.45) is 0. The Kier molecular flexibility index (Phi) is 4.56. The molecular weight excluding hydrogens is 259 g/mol. The van der Waals surface area contributed by atoms with E-state index in [9.17, 15) is 4.39 Å². The minimum Gasteiger partial charge on any atom is -0.329 e. The monoisotopic (exact) mass is 276 g/mol. The smallest absolute Gasteiger partial charge is 0.123 e. The lowest BCUT2D eigenvalue weighted by Crippen LogP contribution is -2.09. The SMILES string of the molecule is Cc1cc(C)nc(SC(CN)c2ccc(F)cc2)c1. The summed E-state index contributed by atoms with van der Waals surface area (Å²) in [4.78, 5) is 4.50. The molecule has 0 aliphatic heterocycles. The van der Waals surface area contributed by atoms with Gasteiger partial charge in [-0.2, -0.15) is 0 Å². The minimum absolute atomic E-state index is 0.0919. The van der Waals surface area contributed by atoms with Gasteiger partial charge in [0.2, 0.25) is 0 Å². The van der Waals surface area contributed by atoms with Crippen LogP contribution in [0.4, 0.5) is 4.39 Å². The van der Waals surface area contributed by atoms with Crippen molar-refractivity contribution >= 4 is 11.8 Å². The van der Waals surface area contributed by atoms with Gasteiger partial charge in [0.15, 0.2) is 0 Å². The van der Waals surface area contributed by atoms with Crippen molar-refractivity contribution in [3.8, 4) is 0 Å². The molecule has 2 aromatic rings. The molecule has 2 rings (SSSR count). The van der Waals surface area contributed by atoms with Crippen LogP contribution in [0.25, 0.3) is 0 Å². The van der Waals surface area contributed by atoms with Gasteiger partial charge in [0.05, 0.1) is 5.03 Å². The summed E-state index contributed by atoms with van der Waals surface area (Å²) < 4.78 is 12.9. The summed E-state index contributed by atoms with van der Waals surface area (Å²) >= 11 is 1.62. The molecule has 4 heteroatoms. The van der Waals surface area contributed by atoms with E-state index in [0.29, 0.717) is 6.54 Å². The molecule has 0 saturated heterocycles. The Labute approximate surface area is 117 Å². The van der Waals surface area contributed by atoms with Crippen molar-refractivity contribution in [3.05, 3.63) is 59.0 Å². The number of benzene rings is 1. The molecule has 0 fully saturated rings. The number of aromatic nitrogens is 1. The predicted molar refractivity (Wildman–Crippen MR) is 77.8 cm³/mol. The Balaban J connectivity index is 2.21. The van der Waals surface area contributed by atoms with Gasteiger partial charge in [-0.25, -0.2) is 9.37 Å². The molecule has 0 aliphatic rings. The number of pyridine rings is 1. The molecule has 1 aromatic heterocycles. The van der Waals surface area contributed by atoms with Gasteiger partial charge < -0.3 is 5.73 Å². The third-order valence-corrected chi connectivity index (χ3v) is 3.99. The molecule has 2 N–H and O–H groups in total. The van der Waals surface area contributed by atoms with E-state index in [4.69, 9.17) is 5.73 Å². The van der Waals surface area contributed by atoms with E-state index in [2.05, 4.69) is 4.98 Å². The van der Waals surface area contributed by atoms with Crippen LogP contribution in [0.1, 0.15) is 22.1 Å². The zero-order valence-electron chi connectivity index (χ0n) is 11.1. The lowest BCUT2D eigenvalue weighted by Gasteiger charge is -2.15. The number of nitrogens with zero attached hydrogens (tertiary/aromatic N) is 1. The zero-order chi connectivity index (χ0) is 13.8. The molecule has 0 saturated carbocycles. The van der Waals surface area contributed by atoms with Crippen molar-refractivity contribution in [2.24, 2.45) is 5.73 Å². The third kappa shape index (κ3) is 3.78. The fourth-order valence-corrected chi connectivity index (χ4v) is 3.07. The summed E-state index contributed by atoms with van der Waals surface area (Å²) in [5.74, 6) is -0.228. The van der Waals surface area contributed by atoms with Crippen molar-refractivity contribution in [2.75, 3.05) is 6.54 Å².